The van der Waals surface area contributed by atoms with E-state index in [0.29, 0.717) is 24.0 Å². The molecule has 0 spiro atoms. The van der Waals surface area contributed by atoms with E-state index in [9.17, 15) is 4.39 Å². The fraction of sp³-hybridized carbons (Fsp3) is 0.625. The molecule has 0 heterocycles. The fourth-order valence-corrected chi connectivity index (χ4v) is 2.60. The molecule has 0 aromatic heterocycles. The zero-order valence-electron chi connectivity index (χ0n) is 11.8. The minimum Gasteiger partial charge on any atom is -0.490 e. The van der Waals surface area contributed by atoms with Gasteiger partial charge in [0.25, 0.3) is 0 Å². The van der Waals surface area contributed by atoms with Gasteiger partial charge in [-0.05, 0) is 44.4 Å². The maximum absolute atomic E-state index is 13.7. The molecule has 106 valence electrons. The molecule has 1 aromatic carbocycles. The topological polar surface area (TPSA) is 21.3 Å². The van der Waals surface area contributed by atoms with E-state index >= 15 is 0 Å². The molecular weight excluding hydrogens is 241 g/mol. The number of benzene rings is 1. The third-order valence-corrected chi connectivity index (χ3v) is 3.77. The Morgan fingerprint density at radius 1 is 1.26 bits per heavy atom. The summed E-state index contributed by atoms with van der Waals surface area (Å²) < 4.78 is 19.2. The highest BCUT2D eigenvalue weighted by atomic mass is 19.1. The van der Waals surface area contributed by atoms with Crippen molar-refractivity contribution in [3.05, 3.63) is 29.6 Å². The number of hydrogen-bond donors (Lipinski definition) is 1. The molecule has 0 unspecified atom stereocenters. The van der Waals surface area contributed by atoms with Gasteiger partial charge in [0.1, 0.15) is 0 Å². The maximum atomic E-state index is 13.7. The molecule has 3 heteroatoms. The standard InChI is InChI=1S/C16H24FNO/c1-13-7-5-10-15(16(13)17)19-12-6-11-18-14-8-3-2-4-9-14/h5,7,10,14,18H,2-4,6,8-9,11-12H2,1H3. The summed E-state index contributed by atoms with van der Waals surface area (Å²) in [7, 11) is 0. The van der Waals surface area contributed by atoms with Gasteiger partial charge in [0.2, 0.25) is 0 Å². The van der Waals surface area contributed by atoms with E-state index < -0.39 is 0 Å². The first-order valence-electron chi connectivity index (χ1n) is 7.38. The van der Waals surface area contributed by atoms with Crippen LogP contribution in [-0.2, 0) is 0 Å². The van der Waals surface area contributed by atoms with E-state index in [-0.39, 0.29) is 5.82 Å². The minimum absolute atomic E-state index is 0.234. The van der Waals surface area contributed by atoms with Crippen LogP contribution >= 0.6 is 0 Å². The Kier molecular flexibility index (Phi) is 5.64. The lowest BCUT2D eigenvalue weighted by Crippen LogP contribution is -2.32. The number of halogens is 1. The Morgan fingerprint density at radius 2 is 2.05 bits per heavy atom. The van der Waals surface area contributed by atoms with E-state index in [1.165, 1.54) is 32.1 Å². The normalized spacial score (nSPS) is 16.5. The van der Waals surface area contributed by atoms with Crippen LogP contribution in [0.1, 0.15) is 44.1 Å². The highest BCUT2D eigenvalue weighted by Gasteiger charge is 2.11. The largest absolute Gasteiger partial charge is 0.490 e. The Labute approximate surface area is 115 Å². The summed E-state index contributed by atoms with van der Waals surface area (Å²) >= 11 is 0. The lowest BCUT2D eigenvalue weighted by molar-refractivity contribution is 0.284. The van der Waals surface area contributed by atoms with Crippen LogP contribution in [0.15, 0.2) is 18.2 Å². The van der Waals surface area contributed by atoms with Crippen molar-refractivity contribution in [1.29, 1.82) is 0 Å². The first kappa shape index (κ1) is 14.3. The van der Waals surface area contributed by atoms with Crippen LogP contribution in [0.2, 0.25) is 0 Å². The Morgan fingerprint density at radius 3 is 2.84 bits per heavy atom. The smallest absolute Gasteiger partial charge is 0.167 e. The van der Waals surface area contributed by atoms with Crippen LogP contribution in [0.4, 0.5) is 4.39 Å². The summed E-state index contributed by atoms with van der Waals surface area (Å²) in [6.07, 6.45) is 7.60. The van der Waals surface area contributed by atoms with Crippen LogP contribution < -0.4 is 10.1 Å². The zero-order chi connectivity index (χ0) is 13.5. The highest BCUT2D eigenvalue weighted by molar-refractivity contribution is 5.29. The van der Waals surface area contributed by atoms with Gasteiger partial charge in [-0.1, -0.05) is 31.4 Å². The van der Waals surface area contributed by atoms with E-state index in [0.717, 1.165) is 13.0 Å². The summed E-state index contributed by atoms with van der Waals surface area (Å²) in [5.41, 5.74) is 0.637. The number of hydrogen-bond acceptors (Lipinski definition) is 2. The number of nitrogens with one attached hydrogen (secondary N) is 1. The van der Waals surface area contributed by atoms with E-state index in [1.54, 1.807) is 19.1 Å². The Hall–Kier alpha value is -1.09. The predicted molar refractivity (Wildman–Crippen MR) is 76.1 cm³/mol. The minimum atomic E-state index is -0.234. The second-order valence-corrected chi connectivity index (χ2v) is 5.38. The first-order valence-corrected chi connectivity index (χ1v) is 7.38. The molecule has 2 nitrogen and oxygen atoms in total. The quantitative estimate of drug-likeness (QED) is 0.789. The summed E-state index contributed by atoms with van der Waals surface area (Å²) in [4.78, 5) is 0. The van der Waals surface area contributed by atoms with Gasteiger partial charge in [-0.2, -0.15) is 0 Å². The molecule has 0 bridgehead atoms. The van der Waals surface area contributed by atoms with Crippen molar-refractivity contribution in [3.63, 3.8) is 0 Å². The van der Waals surface area contributed by atoms with Crippen LogP contribution in [0.25, 0.3) is 0 Å². The van der Waals surface area contributed by atoms with E-state index in [1.807, 2.05) is 6.07 Å². The molecule has 1 fully saturated rings. The molecule has 19 heavy (non-hydrogen) atoms. The second kappa shape index (κ2) is 7.49. The van der Waals surface area contributed by atoms with Crippen LogP contribution in [0.3, 0.4) is 0 Å². The predicted octanol–water partition coefficient (Wildman–Crippen LogP) is 3.83. The molecule has 0 amide bonds. The van der Waals surface area contributed by atoms with Gasteiger partial charge < -0.3 is 10.1 Å². The van der Waals surface area contributed by atoms with Crippen LogP contribution in [-0.4, -0.2) is 19.2 Å². The van der Waals surface area contributed by atoms with Gasteiger partial charge in [0.05, 0.1) is 6.61 Å². The Balaban J connectivity index is 1.62. The van der Waals surface area contributed by atoms with Gasteiger partial charge in [0, 0.05) is 6.04 Å². The molecule has 1 aliphatic carbocycles. The molecule has 2 rings (SSSR count). The van der Waals surface area contributed by atoms with Crippen molar-refractivity contribution in [3.8, 4) is 5.75 Å². The molecule has 1 aliphatic rings. The van der Waals surface area contributed by atoms with Gasteiger partial charge in [0.15, 0.2) is 11.6 Å². The summed E-state index contributed by atoms with van der Waals surface area (Å²) in [5, 5.41) is 3.56. The molecule has 0 saturated heterocycles. The van der Waals surface area contributed by atoms with Crippen molar-refractivity contribution >= 4 is 0 Å². The third-order valence-electron chi connectivity index (χ3n) is 3.77. The molecule has 0 radical (unpaired) electrons. The lowest BCUT2D eigenvalue weighted by atomic mass is 9.95. The third kappa shape index (κ3) is 4.50. The van der Waals surface area contributed by atoms with Crippen molar-refractivity contribution in [2.75, 3.05) is 13.2 Å². The SMILES string of the molecule is Cc1cccc(OCCCNC2CCCCC2)c1F. The average Bonchev–Trinajstić information content (AvgIpc) is 2.44. The van der Waals surface area contributed by atoms with E-state index in [4.69, 9.17) is 4.74 Å². The van der Waals surface area contributed by atoms with Crippen molar-refractivity contribution < 1.29 is 9.13 Å². The summed E-state index contributed by atoms with van der Waals surface area (Å²) in [6, 6.07) is 5.96. The molecular formula is C16H24FNO. The Bertz CT molecular complexity index is 388. The second-order valence-electron chi connectivity index (χ2n) is 5.38. The van der Waals surface area contributed by atoms with E-state index in [2.05, 4.69) is 5.32 Å². The van der Waals surface area contributed by atoms with Gasteiger partial charge in [-0.25, -0.2) is 4.39 Å². The van der Waals surface area contributed by atoms with Crippen molar-refractivity contribution in [2.24, 2.45) is 0 Å². The van der Waals surface area contributed by atoms with Crippen LogP contribution in [0, 0.1) is 12.7 Å². The number of rotatable bonds is 6. The zero-order valence-corrected chi connectivity index (χ0v) is 11.8. The van der Waals surface area contributed by atoms with Crippen molar-refractivity contribution in [2.45, 2.75) is 51.5 Å². The summed E-state index contributed by atoms with van der Waals surface area (Å²) in [5.74, 6) is 0.139. The molecule has 1 aromatic rings. The lowest BCUT2D eigenvalue weighted by Gasteiger charge is -2.22. The average molecular weight is 265 g/mol. The number of aryl methyl sites for hydroxylation is 1. The van der Waals surface area contributed by atoms with Gasteiger partial charge in [-0.15, -0.1) is 0 Å². The maximum Gasteiger partial charge on any atom is 0.167 e. The highest BCUT2D eigenvalue weighted by Crippen LogP contribution is 2.20. The van der Waals surface area contributed by atoms with Crippen LogP contribution in [0.5, 0.6) is 5.75 Å². The first-order chi connectivity index (χ1) is 9.27. The molecule has 1 N–H and O–H groups in total. The molecule has 0 aliphatic heterocycles. The molecule has 0 atom stereocenters. The van der Waals surface area contributed by atoms with Crippen molar-refractivity contribution in [1.82, 2.24) is 5.32 Å². The van der Waals surface area contributed by atoms with Gasteiger partial charge >= 0.3 is 0 Å². The number of ether oxygens (including phenoxy) is 1. The van der Waals surface area contributed by atoms with Gasteiger partial charge in [-0.3, -0.25) is 0 Å². The monoisotopic (exact) mass is 265 g/mol. The fourth-order valence-electron chi connectivity index (χ4n) is 2.60. The molecule has 1 saturated carbocycles. The summed E-state index contributed by atoms with van der Waals surface area (Å²) in [6.45, 7) is 3.28.